The molecule has 1 aromatic heterocycles. The molecular formula is C17H29N3O. The Bertz CT molecular complexity index is 430. The molecule has 0 amide bonds. The van der Waals surface area contributed by atoms with E-state index in [1.54, 1.807) is 0 Å². The number of nitrogens with one attached hydrogen (secondary N) is 1. The van der Waals surface area contributed by atoms with Crippen LogP contribution in [-0.2, 0) is 17.7 Å². The average molecular weight is 291 g/mol. The summed E-state index contributed by atoms with van der Waals surface area (Å²) in [7, 11) is 2.12. The van der Waals surface area contributed by atoms with Gasteiger partial charge in [-0.3, -0.25) is 0 Å². The molecule has 4 heteroatoms. The third kappa shape index (κ3) is 4.97. The lowest BCUT2D eigenvalue weighted by Gasteiger charge is -2.23. The van der Waals surface area contributed by atoms with Crippen LogP contribution in [0.4, 0.5) is 5.82 Å². The number of aryl methyl sites for hydroxylation is 1. The monoisotopic (exact) mass is 291 g/mol. The number of rotatable bonds is 8. The topological polar surface area (TPSA) is 37.4 Å². The number of hydrogen-bond donors (Lipinski definition) is 1. The molecule has 1 aliphatic heterocycles. The lowest BCUT2D eigenvalue weighted by molar-refractivity contribution is 0.116. The van der Waals surface area contributed by atoms with Crippen LogP contribution in [0.3, 0.4) is 0 Å². The fraction of sp³-hybridized carbons (Fsp3) is 0.706. The van der Waals surface area contributed by atoms with E-state index in [0.29, 0.717) is 6.10 Å². The van der Waals surface area contributed by atoms with Gasteiger partial charge in [-0.1, -0.05) is 13.8 Å². The number of pyridine rings is 1. The standard InChI is InChI=1S/C17H29N3O/c1-4-8-18-12-14-10-15(5-2)19-17(11-14)20(3)13-16-7-6-9-21-16/h10-11,16,18H,4-9,12-13H2,1-3H3. The van der Waals surface area contributed by atoms with E-state index < -0.39 is 0 Å². The maximum absolute atomic E-state index is 5.73. The van der Waals surface area contributed by atoms with Gasteiger partial charge >= 0.3 is 0 Å². The summed E-state index contributed by atoms with van der Waals surface area (Å²) in [5.41, 5.74) is 2.49. The molecule has 1 unspecified atom stereocenters. The van der Waals surface area contributed by atoms with Crippen LogP contribution in [0.15, 0.2) is 12.1 Å². The third-order valence-corrected chi connectivity index (χ3v) is 3.94. The van der Waals surface area contributed by atoms with Crippen molar-refractivity contribution in [3.05, 3.63) is 23.4 Å². The van der Waals surface area contributed by atoms with Gasteiger partial charge in [0.05, 0.1) is 6.10 Å². The van der Waals surface area contributed by atoms with Crippen LogP contribution >= 0.6 is 0 Å². The van der Waals surface area contributed by atoms with Gasteiger partial charge in [-0.2, -0.15) is 0 Å². The Morgan fingerprint density at radius 3 is 2.90 bits per heavy atom. The molecule has 1 aliphatic rings. The Morgan fingerprint density at radius 1 is 1.38 bits per heavy atom. The highest BCUT2D eigenvalue weighted by Crippen LogP contribution is 2.18. The molecule has 0 spiro atoms. The Morgan fingerprint density at radius 2 is 2.24 bits per heavy atom. The second kappa shape index (κ2) is 8.35. The predicted octanol–water partition coefficient (Wildman–Crippen LogP) is 2.76. The van der Waals surface area contributed by atoms with E-state index in [2.05, 4.69) is 43.2 Å². The second-order valence-corrected chi connectivity index (χ2v) is 5.87. The summed E-state index contributed by atoms with van der Waals surface area (Å²) < 4.78 is 5.73. The van der Waals surface area contributed by atoms with E-state index in [4.69, 9.17) is 9.72 Å². The highest BCUT2D eigenvalue weighted by atomic mass is 16.5. The largest absolute Gasteiger partial charge is 0.376 e. The van der Waals surface area contributed by atoms with E-state index in [1.807, 2.05) is 0 Å². The van der Waals surface area contributed by atoms with E-state index in [1.165, 1.54) is 24.1 Å². The second-order valence-electron chi connectivity index (χ2n) is 5.87. The maximum Gasteiger partial charge on any atom is 0.128 e. The van der Waals surface area contributed by atoms with Gasteiger partial charge in [0.15, 0.2) is 0 Å². The van der Waals surface area contributed by atoms with Gasteiger partial charge in [0, 0.05) is 32.4 Å². The first-order valence-corrected chi connectivity index (χ1v) is 8.26. The van der Waals surface area contributed by atoms with E-state index in [0.717, 1.165) is 44.9 Å². The summed E-state index contributed by atoms with van der Waals surface area (Å²) >= 11 is 0. The fourth-order valence-corrected chi connectivity index (χ4v) is 2.71. The van der Waals surface area contributed by atoms with Gasteiger partial charge < -0.3 is 15.0 Å². The van der Waals surface area contributed by atoms with Gasteiger partial charge in [0.25, 0.3) is 0 Å². The Labute approximate surface area is 128 Å². The Balaban J connectivity index is 2.03. The van der Waals surface area contributed by atoms with Crippen molar-refractivity contribution in [2.24, 2.45) is 0 Å². The minimum atomic E-state index is 0.365. The normalized spacial score (nSPS) is 18.1. The summed E-state index contributed by atoms with van der Waals surface area (Å²) in [5.74, 6) is 1.07. The third-order valence-electron chi connectivity index (χ3n) is 3.94. The van der Waals surface area contributed by atoms with Gasteiger partial charge in [0.2, 0.25) is 0 Å². The number of aromatic nitrogens is 1. The van der Waals surface area contributed by atoms with E-state index >= 15 is 0 Å². The molecule has 0 bridgehead atoms. The molecule has 0 aliphatic carbocycles. The molecule has 4 nitrogen and oxygen atoms in total. The quantitative estimate of drug-likeness (QED) is 0.747. The lowest BCUT2D eigenvalue weighted by atomic mass is 10.1. The molecule has 2 rings (SSSR count). The maximum atomic E-state index is 5.73. The zero-order valence-electron chi connectivity index (χ0n) is 13.7. The number of anilines is 1. The molecule has 1 atom stereocenters. The van der Waals surface area contributed by atoms with Crippen molar-refractivity contribution in [2.45, 2.75) is 52.2 Å². The van der Waals surface area contributed by atoms with Crippen molar-refractivity contribution in [3.8, 4) is 0 Å². The SMILES string of the molecule is CCCNCc1cc(CC)nc(N(C)CC2CCCO2)c1. The minimum Gasteiger partial charge on any atom is -0.376 e. The Kier molecular flexibility index (Phi) is 6.46. The van der Waals surface area contributed by atoms with Crippen LogP contribution in [0.25, 0.3) is 0 Å². The van der Waals surface area contributed by atoms with Crippen molar-refractivity contribution in [1.29, 1.82) is 0 Å². The van der Waals surface area contributed by atoms with Gasteiger partial charge in [-0.05, 0) is 49.9 Å². The van der Waals surface area contributed by atoms with Crippen LogP contribution in [-0.4, -0.2) is 37.8 Å². The molecule has 1 aromatic rings. The number of hydrogen-bond acceptors (Lipinski definition) is 4. The highest BCUT2D eigenvalue weighted by Gasteiger charge is 2.18. The molecule has 2 heterocycles. The van der Waals surface area contributed by atoms with Crippen LogP contribution in [0, 0.1) is 0 Å². The van der Waals surface area contributed by atoms with Crippen molar-refractivity contribution in [3.63, 3.8) is 0 Å². The molecule has 1 saturated heterocycles. The number of nitrogens with zero attached hydrogens (tertiary/aromatic N) is 2. The van der Waals surface area contributed by atoms with Crippen molar-refractivity contribution < 1.29 is 4.74 Å². The summed E-state index contributed by atoms with van der Waals surface area (Å²) in [6.45, 7) is 8.18. The van der Waals surface area contributed by atoms with E-state index in [9.17, 15) is 0 Å². The molecule has 118 valence electrons. The lowest BCUT2D eigenvalue weighted by Crippen LogP contribution is -2.29. The molecule has 1 fully saturated rings. The molecule has 0 aromatic carbocycles. The van der Waals surface area contributed by atoms with Crippen LogP contribution in [0.2, 0.25) is 0 Å². The van der Waals surface area contributed by atoms with Gasteiger partial charge in [0.1, 0.15) is 5.82 Å². The molecule has 21 heavy (non-hydrogen) atoms. The van der Waals surface area contributed by atoms with Crippen molar-refractivity contribution in [1.82, 2.24) is 10.3 Å². The summed E-state index contributed by atoms with van der Waals surface area (Å²) in [5, 5.41) is 3.47. The fourth-order valence-electron chi connectivity index (χ4n) is 2.71. The van der Waals surface area contributed by atoms with Crippen molar-refractivity contribution >= 4 is 5.82 Å². The minimum absolute atomic E-state index is 0.365. The van der Waals surface area contributed by atoms with Crippen LogP contribution in [0.5, 0.6) is 0 Å². The van der Waals surface area contributed by atoms with Crippen LogP contribution in [0.1, 0.15) is 44.4 Å². The van der Waals surface area contributed by atoms with E-state index in [-0.39, 0.29) is 0 Å². The molecule has 0 saturated carbocycles. The molecule has 1 N–H and O–H groups in total. The van der Waals surface area contributed by atoms with Gasteiger partial charge in [-0.15, -0.1) is 0 Å². The summed E-state index contributed by atoms with van der Waals surface area (Å²) in [4.78, 5) is 7.00. The first-order chi connectivity index (χ1) is 10.2. The zero-order valence-corrected chi connectivity index (χ0v) is 13.7. The first kappa shape index (κ1) is 16.2. The summed E-state index contributed by atoms with van der Waals surface area (Å²) in [6, 6.07) is 4.42. The molecular weight excluding hydrogens is 262 g/mol. The molecule has 0 radical (unpaired) electrons. The smallest absolute Gasteiger partial charge is 0.128 e. The number of ether oxygens (including phenoxy) is 1. The average Bonchev–Trinajstić information content (AvgIpc) is 3.00. The zero-order chi connectivity index (χ0) is 15.1. The summed E-state index contributed by atoms with van der Waals surface area (Å²) in [6.07, 6.45) is 4.86. The number of likely N-dealkylation sites (N-methyl/N-ethyl adjacent to an activating group) is 1. The van der Waals surface area contributed by atoms with Crippen LogP contribution < -0.4 is 10.2 Å². The van der Waals surface area contributed by atoms with Gasteiger partial charge in [-0.25, -0.2) is 4.98 Å². The Hall–Kier alpha value is -1.13. The van der Waals surface area contributed by atoms with Crippen molar-refractivity contribution in [2.75, 3.05) is 31.6 Å². The first-order valence-electron chi connectivity index (χ1n) is 8.26. The predicted molar refractivity (Wildman–Crippen MR) is 87.9 cm³/mol. The highest BCUT2D eigenvalue weighted by molar-refractivity contribution is 5.42.